The highest BCUT2D eigenvalue weighted by atomic mass is 16.6. The maximum atomic E-state index is 10.8. The summed E-state index contributed by atoms with van der Waals surface area (Å²) >= 11 is 0. The highest BCUT2D eigenvalue weighted by molar-refractivity contribution is 5.73. The summed E-state index contributed by atoms with van der Waals surface area (Å²) in [4.78, 5) is 10.8. The molecule has 1 heterocycles. The van der Waals surface area contributed by atoms with Gasteiger partial charge in [0.15, 0.2) is 0 Å². The third-order valence-electron chi connectivity index (χ3n) is 3.35. The Hall–Kier alpha value is -0.690. The SMILES string of the molecule is O=C(O)C1N(O)C2CCCCCC2N1O. The molecule has 0 radical (unpaired) electrons. The maximum absolute atomic E-state index is 10.8. The van der Waals surface area contributed by atoms with E-state index in [4.69, 9.17) is 5.11 Å². The Kier molecular flexibility index (Phi) is 2.92. The first-order valence-electron chi connectivity index (χ1n) is 5.30. The van der Waals surface area contributed by atoms with Gasteiger partial charge in [0, 0.05) is 0 Å². The van der Waals surface area contributed by atoms with Gasteiger partial charge in [-0.2, -0.15) is 10.1 Å². The van der Waals surface area contributed by atoms with Crippen LogP contribution in [0, 0.1) is 0 Å². The van der Waals surface area contributed by atoms with Crippen molar-refractivity contribution in [3.8, 4) is 0 Å². The number of fused-ring (bicyclic) bond motifs is 1. The fraction of sp³-hybridized carbons (Fsp3) is 0.889. The molecular weight excluding hydrogens is 200 g/mol. The molecule has 0 bridgehead atoms. The summed E-state index contributed by atoms with van der Waals surface area (Å²) < 4.78 is 0. The Bertz CT molecular complexity index is 242. The van der Waals surface area contributed by atoms with E-state index in [2.05, 4.69) is 0 Å². The first kappa shape index (κ1) is 10.8. The highest BCUT2D eigenvalue weighted by Gasteiger charge is 2.50. The number of carboxylic acids is 1. The minimum Gasteiger partial charge on any atom is -0.479 e. The molecular formula is C9H16N2O4. The van der Waals surface area contributed by atoms with E-state index in [-0.39, 0.29) is 12.1 Å². The van der Waals surface area contributed by atoms with Crippen molar-refractivity contribution < 1.29 is 20.3 Å². The van der Waals surface area contributed by atoms with Crippen LogP contribution < -0.4 is 0 Å². The molecule has 0 spiro atoms. The normalized spacial score (nSPS) is 38.7. The average Bonchev–Trinajstić information content (AvgIpc) is 2.40. The Balaban J connectivity index is 2.19. The smallest absolute Gasteiger partial charge is 0.340 e. The fourth-order valence-electron chi connectivity index (χ4n) is 2.60. The fourth-order valence-corrected chi connectivity index (χ4v) is 2.60. The summed E-state index contributed by atoms with van der Waals surface area (Å²) in [6, 6.07) is -0.503. The monoisotopic (exact) mass is 216 g/mol. The minimum atomic E-state index is -1.31. The van der Waals surface area contributed by atoms with Crippen molar-refractivity contribution in [3.05, 3.63) is 0 Å². The van der Waals surface area contributed by atoms with Crippen LogP contribution in [0.3, 0.4) is 0 Å². The zero-order valence-corrected chi connectivity index (χ0v) is 8.41. The van der Waals surface area contributed by atoms with Crippen LogP contribution in [-0.4, -0.2) is 49.9 Å². The molecule has 2 rings (SSSR count). The van der Waals surface area contributed by atoms with Gasteiger partial charge in [0.2, 0.25) is 6.17 Å². The van der Waals surface area contributed by atoms with Gasteiger partial charge >= 0.3 is 5.97 Å². The molecule has 0 aromatic heterocycles. The van der Waals surface area contributed by atoms with Gasteiger partial charge in [0.25, 0.3) is 0 Å². The Labute approximate surface area is 87.6 Å². The van der Waals surface area contributed by atoms with Gasteiger partial charge in [-0.15, -0.1) is 0 Å². The highest BCUT2D eigenvalue weighted by Crippen LogP contribution is 2.32. The van der Waals surface area contributed by atoms with E-state index >= 15 is 0 Å². The molecule has 1 aliphatic heterocycles. The molecule has 2 fully saturated rings. The predicted octanol–water partition coefficient (Wildman–Crippen LogP) is 0.494. The van der Waals surface area contributed by atoms with Gasteiger partial charge in [-0.05, 0) is 12.8 Å². The average molecular weight is 216 g/mol. The van der Waals surface area contributed by atoms with Crippen LogP contribution >= 0.6 is 0 Å². The van der Waals surface area contributed by atoms with E-state index in [1.165, 1.54) is 0 Å². The number of hydroxylamine groups is 4. The van der Waals surface area contributed by atoms with Gasteiger partial charge in [0.05, 0.1) is 12.1 Å². The second-order valence-corrected chi connectivity index (χ2v) is 4.24. The van der Waals surface area contributed by atoms with Crippen LogP contribution in [0.5, 0.6) is 0 Å². The van der Waals surface area contributed by atoms with Crippen molar-refractivity contribution in [3.63, 3.8) is 0 Å². The van der Waals surface area contributed by atoms with Crippen LogP contribution in [0.2, 0.25) is 0 Å². The lowest BCUT2D eigenvalue weighted by Crippen LogP contribution is -2.44. The number of nitrogens with zero attached hydrogens (tertiary/aromatic N) is 2. The van der Waals surface area contributed by atoms with Crippen molar-refractivity contribution in [2.45, 2.75) is 50.4 Å². The summed E-state index contributed by atoms with van der Waals surface area (Å²) in [5.41, 5.74) is 0. The molecule has 0 amide bonds. The standard InChI is InChI=1S/C9H16N2O4/c12-9(13)8-10(14)6-4-2-1-3-5-7(6)11(8)15/h6-8,14-15H,1-5H2,(H,12,13). The quantitative estimate of drug-likeness (QED) is 0.591. The van der Waals surface area contributed by atoms with Crippen LogP contribution in [0.15, 0.2) is 0 Å². The van der Waals surface area contributed by atoms with E-state index in [0.29, 0.717) is 0 Å². The van der Waals surface area contributed by atoms with Crippen molar-refractivity contribution in [1.29, 1.82) is 0 Å². The largest absolute Gasteiger partial charge is 0.479 e. The number of hydrogen-bond donors (Lipinski definition) is 3. The van der Waals surface area contributed by atoms with Crippen molar-refractivity contribution in [2.75, 3.05) is 0 Å². The third kappa shape index (κ3) is 1.74. The van der Waals surface area contributed by atoms with Gasteiger partial charge < -0.3 is 15.5 Å². The first-order valence-corrected chi connectivity index (χ1v) is 5.30. The molecule has 0 aromatic carbocycles. The number of rotatable bonds is 1. The maximum Gasteiger partial charge on any atom is 0.340 e. The molecule has 2 aliphatic rings. The summed E-state index contributed by atoms with van der Waals surface area (Å²) in [5, 5.41) is 29.8. The number of carbonyl (C=O) groups is 1. The van der Waals surface area contributed by atoms with Gasteiger partial charge in [-0.25, -0.2) is 4.79 Å². The molecule has 15 heavy (non-hydrogen) atoms. The van der Waals surface area contributed by atoms with E-state index in [1.54, 1.807) is 0 Å². The second-order valence-electron chi connectivity index (χ2n) is 4.24. The molecule has 6 nitrogen and oxygen atoms in total. The molecule has 6 heteroatoms. The molecule has 0 aromatic rings. The van der Waals surface area contributed by atoms with Crippen LogP contribution in [0.25, 0.3) is 0 Å². The van der Waals surface area contributed by atoms with E-state index in [9.17, 15) is 15.2 Å². The predicted molar refractivity (Wildman–Crippen MR) is 49.3 cm³/mol. The molecule has 3 N–H and O–H groups in total. The summed E-state index contributed by atoms with van der Waals surface area (Å²) in [5.74, 6) is -1.21. The Morgan fingerprint density at radius 3 is 1.87 bits per heavy atom. The number of hydrogen-bond acceptors (Lipinski definition) is 5. The Morgan fingerprint density at radius 2 is 1.47 bits per heavy atom. The van der Waals surface area contributed by atoms with E-state index in [1.807, 2.05) is 0 Å². The van der Waals surface area contributed by atoms with E-state index in [0.717, 1.165) is 42.2 Å². The first-order chi connectivity index (χ1) is 7.13. The second kappa shape index (κ2) is 4.05. The lowest BCUT2D eigenvalue weighted by Gasteiger charge is -2.20. The van der Waals surface area contributed by atoms with Gasteiger partial charge in [-0.1, -0.05) is 19.3 Å². The molecule has 2 unspecified atom stereocenters. The Morgan fingerprint density at radius 1 is 1.00 bits per heavy atom. The van der Waals surface area contributed by atoms with E-state index < -0.39 is 12.1 Å². The van der Waals surface area contributed by atoms with Crippen LogP contribution in [0.1, 0.15) is 32.1 Å². The molecule has 1 saturated carbocycles. The lowest BCUT2D eigenvalue weighted by molar-refractivity contribution is -0.219. The summed E-state index contributed by atoms with van der Waals surface area (Å²) in [6.45, 7) is 0. The van der Waals surface area contributed by atoms with Gasteiger partial charge in [0.1, 0.15) is 0 Å². The zero-order chi connectivity index (χ0) is 11.0. The van der Waals surface area contributed by atoms with Gasteiger partial charge in [-0.3, -0.25) is 0 Å². The van der Waals surface area contributed by atoms with Crippen molar-refractivity contribution in [1.82, 2.24) is 10.1 Å². The molecule has 86 valence electrons. The summed E-state index contributed by atoms with van der Waals surface area (Å²) in [7, 11) is 0. The molecule has 1 aliphatic carbocycles. The number of carboxylic acid groups (broad SMARTS) is 1. The third-order valence-corrected chi connectivity index (χ3v) is 3.35. The van der Waals surface area contributed by atoms with Crippen LogP contribution in [0.4, 0.5) is 0 Å². The zero-order valence-electron chi connectivity index (χ0n) is 8.41. The minimum absolute atomic E-state index is 0.251. The molecule has 1 saturated heterocycles. The van der Waals surface area contributed by atoms with Crippen molar-refractivity contribution >= 4 is 5.97 Å². The lowest BCUT2D eigenvalue weighted by atomic mass is 10.1. The number of aliphatic carboxylic acids is 1. The molecule has 2 atom stereocenters. The summed E-state index contributed by atoms with van der Waals surface area (Å²) in [6.07, 6.45) is 3.19. The van der Waals surface area contributed by atoms with Crippen LogP contribution in [-0.2, 0) is 4.79 Å². The topological polar surface area (TPSA) is 84.2 Å². The van der Waals surface area contributed by atoms with Crippen molar-refractivity contribution in [2.24, 2.45) is 0 Å².